The largest absolute Gasteiger partial charge is 0.481 e. The van der Waals surface area contributed by atoms with Crippen LogP contribution in [0, 0.1) is 0 Å². The minimum atomic E-state index is -0.982. The molecule has 0 unspecified atom stereocenters. The van der Waals surface area contributed by atoms with Crippen LogP contribution in [0.2, 0.25) is 0 Å². The van der Waals surface area contributed by atoms with Gasteiger partial charge in [-0.2, -0.15) is 0 Å². The molecular weight excluding hydrogens is 284 g/mol. The smallest absolute Gasteiger partial charge is 0.313 e. The van der Waals surface area contributed by atoms with Gasteiger partial charge in [0.05, 0.1) is 5.41 Å². The number of hydrogen-bond donors (Lipinski definition) is 2. The van der Waals surface area contributed by atoms with Crippen LogP contribution in [0.25, 0.3) is 0 Å². The third-order valence-electron chi connectivity index (χ3n) is 3.58. The predicted octanol–water partition coefficient (Wildman–Crippen LogP) is 2.85. The molecule has 6 heteroatoms. The van der Waals surface area contributed by atoms with Gasteiger partial charge >= 0.3 is 5.97 Å². The van der Waals surface area contributed by atoms with Crippen LogP contribution in [0.1, 0.15) is 42.6 Å². The summed E-state index contributed by atoms with van der Waals surface area (Å²) in [5.41, 5.74) is 0.510. The Morgan fingerprint density at radius 2 is 1.91 bits per heavy atom. The van der Waals surface area contributed by atoms with Crippen molar-refractivity contribution in [2.45, 2.75) is 32.6 Å². The summed E-state index contributed by atoms with van der Waals surface area (Å²) in [5.74, 6) is -0.726. The van der Waals surface area contributed by atoms with E-state index < -0.39 is 11.4 Å². The zero-order valence-electron chi connectivity index (χ0n) is 12.7. The lowest BCUT2D eigenvalue weighted by Crippen LogP contribution is -2.28. The van der Waals surface area contributed by atoms with E-state index in [1.165, 1.54) is 6.39 Å². The van der Waals surface area contributed by atoms with E-state index in [9.17, 15) is 14.7 Å². The number of rotatable bonds is 5. The molecule has 0 spiro atoms. The lowest BCUT2D eigenvalue weighted by molar-refractivity contribution is -0.142. The molecule has 2 N–H and O–H groups in total. The van der Waals surface area contributed by atoms with E-state index in [4.69, 9.17) is 4.42 Å². The number of carbonyl (C=O) groups is 2. The first kappa shape index (κ1) is 15.8. The summed E-state index contributed by atoms with van der Waals surface area (Å²) in [5, 5.41) is 11.9. The number of nitrogens with zero attached hydrogens (tertiary/aromatic N) is 1. The molecule has 0 aliphatic heterocycles. The van der Waals surface area contributed by atoms with Crippen molar-refractivity contribution in [2.24, 2.45) is 0 Å². The van der Waals surface area contributed by atoms with Gasteiger partial charge in [-0.15, -0.1) is 0 Å². The summed E-state index contributed by atoms with van der Waals surface area (Å²) in [6.45, 7) is 5.14. The lowest BCUT2D eigenvalue weighted by atomic mass is 9.85. The van der Waals surface area contributed by atoms with Gasteiger partial charge in [0.25, 0.3) is 5.91 Å². The zero-order valence-corrected chi connectivity index (χ0v) is 12.7. The van der Waals surface area contributed by atoms with Crippen molar-refractivity contribution in [1.29, 1.82) is 0 Å². The maximum atomic E-state index is 12.1. The number of benzene rings is 1. The van der Waals surface area contributed by atoms with Gasteiger partial charge in [0.15, 0.2) is 12.1 Å². The summed E-state index contributed by atoms with van der Waals surface area (Å²) < 4.78 is 5.13. The first-order valence-electron chi connectivity index (χ1n) is 6.94. The molecule has 1 amide bonds. The Hall–Kier alpha value is -2.63. The van der Waals surface area contributed by atoms with Gasteiger partial charge < -0.3 is 14.8 Å². The SMILES string of the molecule is CCc1ocnc1C(=O)Nc1ccc(C(C)(C)C(=O)O)cc1. The van der Waals surface area contributed by atoms with Crippen molar-refractivity contribution in [1.82, 2.24) is 4.98 Å². The molecule has 1 aromatic carbocycles. The summed E-state index contributed by atoms with van der Waals surface area (Å²) in [6, 6.07) is 6.72. The number of anilines is 1. The van der Waals surface area contributed by atoms with Gasteiger partial charge in [-0.25, -0.2) is 4.98 Å². The molecule has 22 heavy (non-hydrogen) atoms. The van der Waals surface area contributed by atoms with Crippen LogP contribution in [0.3, 0.4) is 0 Å². The van der Waals surface area contributed by atoms with Gasteiger partial charge in [-0.05, 0) is 31.5 Å². The van der Waals surface area contributed by atoms with Gasteiger partial charge in [0, 0.05) is 12.1 Å². The Kier molecular flexibility index (Phi) is 4.30. The zero-order chi connectivity index (χ0) is 16.3. The van der Waals surface area contributed by atoms with Gasteiger partial charge in [0.1, 0.15) is 5.76 Å². The van der Waals surface area contributed by atoms with E-state index in [1.807, 2.05) is 6.92 Å². The van der Waals surface area contributed by atoms with E-state index in [0.717, 1.165) is 0 Å². The first-order chi connectivity index (χ1) is 10.4. The molecular formula is C16H18N2O4. The second-order valence-corrected chi connectivity index (χ2v) is 5.44. The number of carboxylic acids is 1. The minimum Gasteiger partial charge on any atom is -0.481 e. The monoisotopic (exact) mass is 302 g/mol. The van der Waals surface area contributed by atoms with Crippen molar-refractivity contribution in [3.05, 3.63) is 47.7 Å². The highest BCUT2D eigenvalue weighted by Gasteiger charge is 2.29. The first-order valence-corrected chi connectivity index (χ1v) is 6.94. The van der Waals surface area contributed by atoms with Crippen LogP contribution >= 0.6 is 0 Å². The number of nitrogens with one attached hydrogen (secondary N) is 1. The highest BCUT2D eigenvalue weighted by Crippen LogP contribution is 2.25. The van der Waals surface area contributed by atoms with Gasteiger partial charge in [-0.1, -0.05) is 19.1 Å². The molecule has 0 fully saturated rings. The van der Waals surface area contributed by atoms with Crippen molar-refractivity contribution in [3.8, 4) is 0 Å². The molecule has 1 aromatic heterocycles. The fraction of sp³-hybridized carbons (Fsp3) is 0.312. The molecule has 116 valence electrons. The number of aliphatic carboxylic acids is 1. The van der Waals surface area contributed by atoms with Crippen molar-refractivity contribution >= 4 is 17.6 Å². The minimum absolute atomic E-state index is 0.262. The molecule has 1 heterocycles. The maximum absolute atomic E-state index is 12.1. The molecule has 0 aliphatic rings. The van der Waals surface area contributed by atoms with E-state index in [2.05, 4.69) is 10.3 Å². The summed E-state index contributed by atoms with van der Waals surface area (Å²) in [7, 11) is 0. The Bertz CT molecular complexity index is 686. The number of hydrogen-bond acceptors (Lipinski definition) is 4. The van der Waals surface area contributed by atoms with E-state index in [-0.39, 0.29) is 11.6 Å². The number of aryl methyl sites for hydroxylation is 1. The second kappa shape index (κ2) is 6.01. The van der Waals surface area contributed by atoms with Crippen molar-refractivity contribution in [3.63, 3.8) is 0 Å². The summed E-state index contributed by atoms with van der Waals surface area (Å²) in [4.78, 5) is 27.2. The Morgan fingerprint density at radius 1 is 1.27 bits per heavy atom. The summed E-state index contributed by atoms with van der Waals surface area (Å²) >= 11 is 0. The van der Waals surface area contributed by atoms with Gasteiger partial charge in [0.2, 0.25) is 0 Å². The molecule has 0 atom stereocenters. The quantitative estimate of drug-likeness (QED) is 0.886. The predicted molar refractivity (Wildman–Crippen MR) is 80.9 cm³/mol. The standard InChI is InChI=1S/C16H18N2O4/c1-4-12-13(17-9-22-12)14(19)18-11-7-5-10(6-8-11)16(2,3)15(20)21/h5-9H,4H2,1-3H3,(H,18,19)(H,20,21). The molecule has 0 radical (unpaired) electrons. The molecule has 0 bridgehead atoms. The third-order valence-corrected chi connectivity index (χ3v) is 3.58. The second-order valence-electron chi connectivity index (χ2n) is 5.44. The Labute approximate surface area is 128 Å². The number of aromatic nitrogens is 1. The van der Waals surface area contributed by atoms with Crippen LogP contribution in [0.5, 0.6) is 0 Å². The van der Waals surface area contributed by atoms with E-state index in [1.54, 1.807) is 38.1 Å². The van der Waals surface area contributed by atoms with Crippen LogP contribution < -0.4 is 5.32 Å². The topological polar surface area (TPSA) is 92.4 Å². The van der Waals surface area contributed by atoms with E-state index in [0.29, 0.717) is 23.4 Å². The van der Waals surface area contributed by atoms with Crippen molar-refractivity contribution < 1.29 is 19.1 Å². The van der Waals surface area contributed by atoms with Crippen LogP contribution in [-0.2, 0) is 16.6 Å². The number of carboxylic acid groups (broad SMARTS) is 1. The number of oxazole rings is 1. The average molecular weight is 302 g/mol. The fourth-order valence-electron chi connectivity index (χ4n) is 1.99. The fourth-order valence-corrected chi connectivity index (χ4v) is 1.99. The normalized spacial score (nSPS) is 11.2. The van der Waals surface area contributed by atoms with Crippen LogP contribution in [-0.4, -0.2) is 22.0 Å². The molecule has 0 aliphatic carbocycles. The number of carbonyl (C=O) groups excluding carboxylic acids is 1. The average Bonchev–Trinajstić information content (AvgIpc) is 2.96. The summed E-state index contributed by atoms with van der Waals surface area (Å²) in [6.07, 6.45) is 1.82. The Morgan fingerprint density at radius 3 is 2.45 bits per heavy atom. The van der Waals surface area contributed by atoms with Crippen LogP contribution in [0.15, 0.2) is 35.1 Å². The van der Waals surface area contributed by atoms with Crippen LogP contribution in [0.4, 0.5) is 5.69 Å². The maximum Gasteiger partial charge on any atom is 0.313 e. The lowest BCUT2D eigenvalue weighted by Gasteiger charge is -2.19. The highest BCUT2D eigenvalue weighted by molar-refractivity contribution is 6.03. The number of amides is 1. The third kappa shape index (κ3) is 3.00. The van der Waals surface area contributed by atoms with E-state index >= 15 is 0 Å². The Balaban J connectivity index is 2.15. The highest BCUT2D eigenvalue weighted by atomic mass is 16.4. The molecule has 0 saturated heterocycles. The molecule has 6 nitrogen and oxygen atoms in total. The molecule has 0 saturated carbocycles. The molecule has 2 rings (SSSR count). The van der Waals surface area contributed by atoms with Crippen molar-refractivity contribution in [2.75, 3.05) is 5.32 Å². The molecule has 2 aromatic rings. The van der Waals surface area contributed by atoms with Gasteiger partial charge in [-0.3, -0.25) is 9.59 Å².